The Kier molecular flexibility index (Phi) is 7.05. The first-order valence-electron chi connectivity index (χ1n) is 8.23. The number of rotatable bonds is 9. The molecule has 27 heavy (non-hydrogen) atoms. The van der Waals surface area contributed by atoms with E-state index in [0.717, 1.165) is 5.56 Å². The number of carbonyl (C=O) groups excluding carboxylic acids is 1. The van der Waals surface area contributed by atoms with Crippen molar-refractivity contribution in [3.8, 4) is 0 Å². The third kappa shape index (κ3) is 5.61. The third-order valence-electron chi connectivity index (χ3n) is 3.54. The summed E-state index contributed by atoms with van der Waals surface area (Å²) in [6, 6.07) is 9.23. The van der Waals surface area contributed by atoms with Gasteiger partial charge in [-0.1, -0.05) is 30.3 Å². The average Bonchev–Trinajstić information content (AvgIpc) is 2.64. The number of aliphatic hydroxyl groups is 4. The zero-order valence-corrected chi connectivity index (χ0v) is 14.7. The summed E-state index contributed by atoms with van der Waals surface area (Å²) in [5.74, 6) is -6.36. The molecule has 0 spiro atoms. The zero-order valence-electron chi connectivity index (χ0n) is 14.7. The Morgan fingerprint density at radius 3 is 2.59 bits per heavy atom. The quantitative estimate of drug-likeness (QED) is 0.373. The zero-order chi connectivity index (χ0) is 19.9. The number of carbonyl (C=O) groups is 1. The molecule has 0 unspecified atom stereocenters. The summed E-state index contributed by atoms with van der Waals surface area (Å²) in [4.78, 5) is 11.8. The van der Waals surface area contributed by atoms with Crippen molar-refractivity contribution in [1.29, 1.82) is 0 Å². The molecule has 2 rings (SSSR count). The first kappa shape index (κ1) is 20.6. The molecule has 1 aliphatic rings. The van der Waals surface area contributed by atoms with Crippen molar-refractivity contribution in [2.24, 2.45) is 0 Å². The molecule has 9 heteroatoms. The Bertz CT molecular complexity index is 698. The van der Waals surface area contributed by atoms with E-state index in [1.807, 2.05) is 30.3 Å². The molecule has 0 aromatic heterocycles. The van der Waals surface area contributed by atoms with Gasteiger partial charge in [-0.05, 0) is 12.5 Å². The number of benzene rings is 1. The van der Waals surface area contributed by atoms with Gasteiger partial charge in [-0.15, -0.1) is 0 Å². The van der Waals surface area contributed by atoms with Gasteiger partial charge in [0.2, 0.25) is 11.5 Å². The molecule has 1 aliphatic heterocycles. The molecule has 0 aliphatic carbocycles. The van der Waals surface area contributed by atoms with Gasteiger partial charge in [-0.2, -0.15) is 0 Å². The standard InChI is InChI=1S/C18H22O9/c1-2-25-15(20)8-13(10-24-9-12-6-4-3-5-7-12)27-18(23)17(22)16(21)14(19)11-26-18/h3-7,11,13,19,21-23H,2,8-10H2,1H3/t13-,18+/m0/s1. The lowest BCUT2D eigenvalue weighted by atomic mass is 10.2. The predicted octanol–water partition coefficient (Wildman–Crippen LogP) is 1.94. The van der Waals surface area contributed by atoms with Gasteiger partial charge < -0.3 is 39.4 Å². The molecule has 2 atom stereocenters. The Balaban J connectivity index is 2.04. The highest BCUT2D eigenvalue weighted by Gasteiger charge is 2.45. The molecule has 1 aromatic carbocycles. The highest BCUT2D eigenvalue weighted by atomic mass is 16.8. The van der Waals surface area contributed by atoms with Gasteiger partial charge in [0.05, 0.1) is 32.3 Å². The fourth-order valence-corrected chi connectivity index (χ4v) is 2.25. The summed E-state index contributed by atoms with van der Waals surface area (Å²) in [5.41, 5.74) is 0.883. The minimum absolute atomic E-state index is 0.150. The summed E-state index contributed by atoms with van der Waals surface area (Å²) in [7, 11) is 0. The highest BCUT2D eigenvalue weighted by Crippen LogP contribution is 2.30. The van der Waals surface area contributed by atoms with Crippen LogP contribution in [0.15, 0.2) is 53.9 Å². The highest BCUT2D eigenvalue weighted by molar-refractivity contribution is 5.69. The number of hydrogen-bond donors (Lipinski definition) is 4. The van der Waals surface area contributed by atoms with Crippen LogP contribution in [-0.2, 0) is 30.3 Å². The SMILES string of the molecule is CCOC(=O)C[C@@H](COCc1ccccc1)O[C@]1(O)OC=C(O)C(O)=C1O. The lowest BCUT2D eigenvalue weighted by Gasteiger charge is -2.32. The van der Waals surface area contributed by atoms with Gasteiger partial charge in [0.25, 0.3) is 0 Å². The predicted molar refractivity (Wildman–Crippen MR) is 91.3 cm³/mol. The number of ether oxygens (including phenoxy) is 4. The molecule has 0 saturated heterocycles. The van der Waals surface area contributed by atoms with Gasteiger partial charge in [0, 0.05) is 0 Å². The minimum Gasteiger partial charge on any atom is -0.502 e. The summed E-state index contributed by atoms with van der Waals surface area (Å²) >= 11 is 0. The molecule has 0 radical (unpaired) electrons. The molecule has 1 aromatic rings. The van der Waals surface area contributed by atoms with Crippen LogP contribution in [0.5, 0.6) is 0 Å². The van der Waals surface area contributed by atoms with Crippen LogP contribution < -0.4 is 0 Å². The Labute approximate surface area is 155 Å². The van der Waals surface area contributed by atoms with E-state index in [-0.39, 0.29) is 26.2 Å². The van der Waals surface area contributed by atoms with Crippen LogP contribution in [0, 0.1) is 0 Å². The molecule has 4 N–H and O–H groups in total. The number of hydrogen-bond acceptors (Lipinski definition) is 9. The molecule has 0 amide bonds. The van der Waals surface area contributed by atoms with Gasteiger partial charge in [-0.25, -0.2) is 0 Å². The first-order chi connectivity index (χ1) is 12.9. The number of aliphatic hydroxyl groups excluding tert-OH is 3. The van der Waals surface area contributed by atoms with Crippen LogP contribution in [0.25, 0.3) is 0 Å². The molecule has 9 nitrogen and oxygen atoms in total. The lowest BCUT2D eigenvalue weighted by Crippen LogP contribution is -2.44. The van der Waals surface area contributed by atoms with Crippen molar-refractivity contribution in [2.75, 3.05) is 13.2 Å². The van der Waals surface area contributed by atoms with E-state index in [1.165, 1.54) is 0 Å². The molecular formula is C18H22O9. The third-order valence-corrected chi connectivity index (χ3v) is 3.54. The lowest BCUT2D eigenvalue weighted by molar-refractivity contribution is -0.351. The van der Waals surface area contributed by atoms with Crippen LogP contribution in [0.4, 0.5) is 0 Å². The van der Waals surface area contributed by atoms with Crippen molar-refractivity contribution in [2.45, 2.75) is 32.0 Å². The van der Waals surface area contributed by atoms with Crippen molar-refractivity contribution in [3.05, 3.63) is 59.4 Å². The van der Waals surface area contributed by atoms with E-state index in [2.05, 4.69) is 0 Å². The Hall–Kier alpha value is -2.75. The van der Waals surface area contributed by atoms with Crippen LogP contribution in [-0.4, -0.2) is 51.7 Å². The van der Waals surface area contributed by atoms with Crippen molar-refractivity contribution < 1.29 is 44.2 Å². The van der Waals surface area contributed by atoms with Crippen molar-refractivity contribution in [3.63, 3.8) is 0 Å². The molecule has 1 heterocycles. The molecule has 0 saturated carbocycles. The van der Waals surface area contributed by atoms with Gasteiger partial charge in [0.15, 0.2) is 5.76 Å². The summed E-state index contributed by atoms with van der Waals surface area (Å²) in [6.07, 6.45) is -0.791. The van der Waals surface area contributed by atoms with E-state index in [1.54, 1.807) is 6.92 Å². The van der Waals surface area contributed by atoms with Crippen LogP contribution >= 0.6 is 0 Å². The van der Waals surface area contributed by atoms with E-state index in [4.69, 9.17) is 18.9 Å². The van der Waals surface area contributed by atoms with E-state index in [9.17, 15) is 25.2 Å². The van der Waals surface area contributed by atoms with E-state index < -0.39 is 35.3 Å². The number of esters is 1. The van der Waals surface area contributed by atoms with Gasteiger partial charge >= 0.3 is 11.9 Å². The molecule has 148 valence electrons. The summed E-state index contributed by atoms with van der Waals surface area (Å²) < 4.78 is 20.3. The average molecular weight is 382 g/mol. The normalized spacial score (nSPS) is 20.6. The maximum atomic E-state index is 11.8. The fraction of sp³-hybridized carbons (Fsp3) is 0.389. The topological polar surface area (TPSA) is 135 Å². The van der Waals surface area contributed by atoms with Gasteiger partial charge in [0.1, 0.15) is 6.26 Å². The second-order valence-corrected chi connectivity index (χ2v) is 5.65. The maximum absolute atomic E-state index is 11.8. The van der Waals surface area contributed by atoms with Crippen LogP contribution in [0.3, 0.4) is 0 Å². The minimum atomic E-state index is -2.79. The Morgan fingerprint density at radius 1 is 1.22 bits per heavy atom. The second kappa shape index (κ2) is 9.26. The van der Waals surface area contributed by atoms with Crippen molar-refractivity contribution >= 4 is 5.97 Å². The van der Waals surface area contributed by atoms with Crippen LogP contribution in [0.2, 0.25) is 0 Å². The fourth-order valence-electron chi connectivity index (χ4n) is 2.25. The van der Waals surface area contributed by atoms with Crippen molar-refractivity contribution in [1.82, 2.24) is 0 Å². The van der Waals surface area contributed by atoms with Crippen LogP contribution in [0.1, 0.15) is 18.9 Å². The van der Waals surface area contributed by atoms with Gasteiger partial charge in [-0.3, -0.25) is 4.79 Å². The first-order valence-corrected chi connectivity index (χ1v) is 8.23. The maximum Gasteiger partial charge on any atom is 0.391 e. The monoisotopic (exact) mass is 382 g/mol. The van der Waals surface area contributed by atoms with E-state index in [0.29, 0.717) is 6.26 Å². The Morgan fingerprint density at radius 2 is 1.93 bits per heavy atom. The molecule has 0 fully saturated rings. The largest absolute Gasteiger partial charge is 0.502 e. The smallest absolute Gasteiger partial charge is 0.391 e. The summed E-state index contributed by atoms with van der Waals surface area (Å²) in [6.45, 7) is 1.86. The second-order valence-electron chi connectivity index (χ2n) is 5.65. The molecule has 0 bridgehead atoms. The molecular weight excluding hydrogens is 360 g/mol. The summed E-state index contributed by atoms with van der Waals surface area (Å²) in [5, 5.41) is 39.0. The van der Waals surface area contributed by atoms with E-state index >= 15 is 0 Å².